The molecule has 3 amide bonds. The van der Waals surface area contributed by atoms with Crippen LogP contribution in [-0.4, -0.2) is 29.5 Å². The van der Waals surface area contributed by atoms with Gasteiger partial charge < -0.3 is 15.5 Å². The maximum atomic E-state index is 12.5. The van der Waals surface area contributed by atoms with Gasteiger partial charge in [0.05, 0.1) is 17.8 Å². The Balaban J connectivity index is 1.50. The summed E-state index contributed by atoms with van der Waals surface area (Å²) in [5.41, 5.74) is 2.68. The van der Waals surface area contributed by atoms with Gasteiger partial charge >= 0.3 is 0 Å². The third kappa shape index (κ3) is 3.96. The minimum absolute atomic E-state index is 0.0425. The maximum Gasteiger partial charge on any atom is 0.299 e. The standard InChI is InChI=1S/C23H23N3O4/c1-13(2)24-21(28)15-5-3-14(4-6-15)12-26-19-10-9-17(25-22(29)16-7-8-16)11-18(19)20(27)23(26)30/h3-6,9-11,13,16H,7-8,12H2,1-2H3,(H,24,28)(H,25,29). The second kappa shape index (κ2) is 7.74. The van der Waals surface area contributed by atoms with Gasteiger partial charge in [-0.25, -0.2) is 0 Å². The fraction of sp³-hybridized carbons (Fsp3) is 0.304. The first-order valence-corrected chi connectivity index (χ1v) is 10.0. The van der Waals surface area contributed by atoms with Crippen molar-refractivity contribution in [1.29, 1.82) is 0 Å². The molecular weight excluding hydrogens is 382 g/mol. The number of nitrogens with zero attached hydrogens (tertiary/aromatic N) is 1. The lowest BCUT2D eigenvalue weighted by Gasteiger charge is -2.17. The van der Waals surface area contributed by atoms with Gasteiger partial charge in [0.2, 0.25) is 5.91 Å². The molecule has 2 N–H and O–H groups in total. The van der Waals surface area contributed by atoms with Gasteiger partial charge in [-0.3, -0.25) is 19.2 Å². The van der Waals surface area contributed by atoms with Crippen LogP contribution in [0.2, 0.25) is 0 Å². The molecule has 0 spiro atoms. The van der Waals surface area contributed by atoms with Crippen LogP contribution in [0.15, 0.2) is 42.5 Å². The maximum absolute atomic E-state index is 12.5. The Kier molecular flexibility index (Phi) is 5.11. The van der Waals surface area contributed by atoms with E-state index in [2.05, 4.69) is 10.6 Å². The predicted octanol–water partition coefficient (Wildman–Crippen LogP) is 2.90. The van der Waals surface area contributed by atoms with Gasteiger partial charge in [0, 0.05) is 23.2 Å². The number of rotatable bonds is 6. The second-order valence-corrected chi connectivity index (χ2v) is 8.04. The SMILES string of the molecule is CC(C)NC(=O)c1ccc(CN2C(=O)C(=O)c3cc(NC(=O)C4CC4)ccc32)cc1. The molecule has 0 unspecified atom stereocenters. The first-order chi connectivity index (χ1) is 14.3. The molecule has 1 aliphatic carbocycles. The second-order valence-electron chi connectivity index (χ2n) is 8.04. The van der Waals surface area contributed by atoms with E-state index in [-0.39, 0.29) is 30.3 Å². The fourth-order valence-electron chi connectivity index (χ4n) is 3.41. The third-order valence-corrected chi connectivity index (χ3v) is 5.16. The molecule has 2 aromatic rings. The molecule has 0 saturated heterocycles. The molecule has 2 aromatic carbocycles. The molecule has 4 rings (SSSR count). The van der Waals surface area contributed by atoms with Gasteiger partial charge in [0.1, 0.15) is 0 Å². The van der Waals surface area contributed by atoms with Gasteiger partial charge in [-0.05, 0) is 62.6 Å². The van der Waals surface area contributed by atoms with Crippen molar-refractivity contribution in [2.24, 2.45) is 5.92 Å². The van der Waals surface area contributed by atoms with Gasteiger partial charge in [0.15, 0.2) is 0 Å². The first kappa shape index (κ1) is 19.8. The minimum atomic E-state index is -0.600. The quantitative estimate of drug-likeness (QED) is 0.723. The van der Waals surface area contributed by atoms with Crippen LogP contribution in [0, 0.1) is 5.92 Å². The lowest BCUT2D eigenvalue weighted by molar-refractivity contribution is -0.117. The number of anilines is 2. The topological polar surface area (TPSA) is 95.6 Å². The number of fused-ring (bicyclic) bond motifs is 1. The largest absolute Gasteiger partial charge is 0.350 e. The Morgan fingerprint density at radius 1 is 1.07 bits per heavy atom. The Hall–Kier alpha value is -3.48. The number of nitrogens with one attached hydrogen (secondary N) is 2. The molecule has 2 aliphatic rings. The number of benzene rings is 2. The lowest BCUT2D eigenvalue weighted by atomic mass is 10.1. The highest BCUT2D eigenvalue weighted by atomic mass is 16.2. The molecule has 0 bridgehead atoms. The fourth-order valence-corrected chi connectivity index (χ4v) is 3.41. The summed E-state index contributed by atoms with van der Waals surface area (Å²) in [7, 11) is 0. The Morgan fingerprint density at radius 3 is 2.40 bits per heavy atom. The molecule has 1 fully saturated rings. The molecule has 30 heavy (non-hydrogen) atoms. The van der Waals surface area contributed by atoms with Crippen LogP contribution in [0.25, 0.3) is 0 Å². The minimum Gasteiger partial charge on any atom is -0.350 e. The smallest absolute Gasteiger partial charge is 0.299 e. The lowest BCUT2D eigenvalue weighted by Crippen LogP contribution is -2.30. The summed E-state index contributed by atoms with van der Waals surface area (Å²) in [4.78, 5) is 50.5. The van der Waals surface area contributed by atoms with Gasteiger partial charge in [0.25, 0.3) is 17.6 Å². The molecular formula is C23H23N3O4. The van der Waals surface area contributed by atoms with Crippen molar-refractivity contribution in [1.82, 2.24) is 5.32 Å². The van der Waals surface area contributed by atoms with Crippen molar-refractivity contribution >= 4 is 34.9 Å². The van der Waals surface area contributed by atoms with Crippen LogP contribution in [0.1, 0.15) is 53.0 Å². The van der Waals surface area contributed by atoms with Crippen molar-refractivity contribution in [2.75, 3.05) is 10.2 Å². The van der Waals surface area contributed by atoms with E-state index in [0.717, 1.165) is 18.4 Å². The van der Waals surface area contributed by atoms with E-state index >= 15 is 0 Å². The van der Waals surface area contributed by atoms with Crippen molar-refractivity contribution in [3.8, 4) is 0 Å². The number of hydrogen-bond acceptors (Lipinski definition) is 4. The molecule has 1 aliphatic heterocycles. The normalized spacial score (nSPS) is 15.4. The number of amides is 3. The zero-order valence-electron chi connectivity index (χ0n) is 16.9. The van der Waals surface area contributed by atoms with Gasteiger partial charge in [-0.15, -0.1) is 0 Å². The highest BCUT2D eigenvalue weighted by Crippen LogP contribution is 2.34. The van der Waals surface area contributed by atoms with Crippen LogP contribution < -0.4 is 15.5 Å². The van der Waals surface area contributed by atoms with E-state index in [9.17, 15) is 19.2 Å². The highest BCUT2D eigenvalue weighted by molar-refractivity contribution is 6.52. The first-order valence-electron chi connectivity index (χ1n) is 10.0. The van der Waals surface area contributed by atoms with E-state index in [1.807, 2.05) is 13.8 Å². The summed E-state index contributed by atoms with van der Waals surface area (Å²) >= 11 is 0. The summed E-state index contributed by atoms with van der Waals surface area (Å²) in [6.45, 7) is 4.00. The Bertz CT molecular complexity index is 1040. The van der Waals surface area contributed by atoms with Crippen molar-refractivity contribution in [3.63, 3.8) is 0 Å². The number of carbonyl (C=O) groups excluding carboxylic acids is 4. The number of ketones is 1. The zero-order valence-corrected chi connectivity index (χ0v) is 16.9. The summed E-state index contributed by atoms with van der Waals surface area (Å²) < 4.78 is 0. The molecule has 1 heterocycles. The van der Waals surface area contributed by atoms with E-state index in [1.54, 1.807) is 42.5 Å². The predicted molar refractivity (Wildman–Crippen MR) is 112 cm³/mol. The molecule has 7 heteroatoms. The van der Waals surface area contributed by atoms with E-state index in [4.69, 9.17) is 0 Å². The Morgan fingerprint density at radius 2 is 1.77 bits per heavy atom. The average molecular weight is 405 g/mol. The monoisotopic (exact) mass is 405 g/mol. The summed E-state index contributed by atoms with van der Waals surface area (Å²) in [6, 6.07) is 11.9. The van der Waals surface area contributed by atoms with E-state index in [0.29, 0.717) is 22.5 Å². The van der Waals surface area contributed by atoms with Crippen LogP contribution in [0.3, 0.4) is 0 Å². The average Bonchev–Trinajstić information content (AvgIpc) is 3.53. The molecule has 0 aromatic heterocycles. The van der Waals surface area contributed by atoms with Gasteiger partial charge in [-0.1, -0.05) is 12.1 Å². The summed E-state index contributed by atoms with van der Waals surface area (Å²) in [5, 5.41) is 5.63. The Labute approximate surface area is 174 Å². The van der Waals surface area contributed by atoms with Crippen molar-refractivity contribution in [3.05, 3.63) is 59.2 Å². The van der Waals surface area contributed by atoms with E-state index in [1.165, 1.54) is 4.90 Å². The summed E-state index contributed by atoms with van der Waals surface area (Å²) in [6.07, 6.45) is 1.78. The molecule has 0 radical (unpaired) electrons. The zero-order chi connectivity index (χ0) is 21.4. The number of carbonyl (C=O) groups is 4. The molecule has 1 saturated carbocycles. The van der Waals surface area contributed by atoms with Gasteiger partial charge in [-0.2, -0.15) is 0 Å². The number of Topliss-reactive ketones (excluding diaryl/α,β-unsaturated/α-hetero) is 1. The number of hydrogen-bond donors (Lipinski definition) is 2. The van der Waals surface area contributed by atoms with Crippen LogP contribution >= 0.6 is 0 Å². The van der Waals surface area contributed by atoms with Crippen LogP contribution in [0.4, 0.5) is 11.4 Å². The summed E-state index contributed by atoms with van der Waals surface area (Å²) in [5.74, 6) is -1.34. The molecule has 154 valence electrons. The molecule has 0 atom stereocenters. The van der Waals surface area contributed by atoms with Crippen molar-refractivity contribution < 1.29 is 19.2 Å². The van der Waals surface area contributed by atoms with E-state index < -0.39 is 11.7 Å². The van der Waals surface area contributed by atoms with Crippen LogP contribution in [-0.2, 0) is 16.1 Å². The third-order valence-electron chi connectivity index (χ3n) is 5.16. The highest BCUT2D eigenvalue weighted by Gasteiger charge is 2.36. The van der Waals surface area contributed by atoms with Crippen LogP contribution in [0.5, 0.6) is 0 Å². The molecule has 7 nitrogen and oxygen atoms in total. The van der Waals surface area contributed by atoms with Crippen molar-refractivity contribution in [2.45, 2.75) is 39.3 Å².